The Morgan fingerprint density at radius 3 is 2.52 bits per heavy atom. The van der Waals surface area contributed by atoms with E-state index in [1.54, 1.807) is 38.1 Å². The molecule has 0 heterocycles. The summed E-state index contributed by atoms with van der Waals surface area (Å²) in [7, 11) is 0. The predicted molar refractivity (Wildman–Crippen MR) is 80.1 cm³/mol. The number of nitro groups is 1. The first-order valence-electron chi connectivity index (χ1n) is 6.15. The molecule has 5 nitrogen and oxygen atoms in total. The van der Waals surface area contributed by atoms with E-state index in [-0.39, 0.29) is 11.3 Å². The molecule has 1 N–H and O–H groups in total. The van der Waals surface area contributed by atoms with Gasteiger partial charge in [0.25, 0.3) is 5.69 Å². The predicted octanol–water partition coefficient (Wildman–Crippen LogP) is 4.06. The van der Waals surface area contributed by atoms with Crippen LogP contribution in [0.5, 0.6) is 0 Å². The molecule has 0 saturated carbocycles. The Hall–Kier alpha value is -2.34. The minimum Gasteiger partial charge on any atom is -0.478 e. The minimum absolute atomic E-state index is 0.0254. The van der Waals surface area contributed by atoms with Crippen LogP contribution in [0.1, 0.15) is 21.5 Å². The molecule has 0 fully saturated rings. The molecule has 0 aliphatic carbocycles. The molecule has 2 aromatic rings. The number of carbonyl (C=O) groups is 1. The van der Waals surface area contributed by atoms with Crippen LogP contribution in [0.15, 0.2) is 46.2 Å². The van der Waals surface area contributed by atoms with Crippen molar-refractivity contribution in [3.05, 3.63) is 63.2 Å². The maximum absolute atomic E-state index is 11.1. The summed E-state index contributed by atoms with van der Waals surface area (Å²) in [5, 5.41) is 20.2. The smallest absolute Gasteiger partial charge is 0.335 e. The van der Waals surface area contributed by atoms with Gasteiger partial charge in [-0.2, -0.15) is 0 Å². The van der Waals surface area contributed by atoms with E-state index in [1.165, 1.54) is 23.9 Å². The normalized spacial score (nSPS) is 10.4. The molecule has 21 heavy (non-hydrogen) atoms. The first kappa shape index (κ1) is 15.1. The van der Waals surface area contributed by atoms with Gasteiger partial charge in [0.1, 0.15) is 0 Å². The van der Waals surface area contributed by atoms with Gasteiger partial charge in [-0.05, 0) is 43.2 Å². The second-order valence-electron chi connectivity index (χ2n) is 4.61. The number of nitro benzene ring substituents is 1. The van der Waals surface area contributed by atoms with Crippen molar-refractivity contribution in [2.45, 2.75) is 23.6 Å². The molecule has 108 valence electrons. The van der Waals surface area contributed by atoms with Crippen molar-refractivity contribution in [3.8, 4) is 0 Å². The Bertz CT molecular complexity index is 728. The topological polar surface area (TPSA) is 80.4 Å². The number of nitrogens with zero attached hydrogens (tertiary/aromatic N) is 1. The van der Waals surface area contributed by atoms with Gasteiger partial charge in [-0.25, -0.2) is 4.79 Å². The molecule has 0 spiro atoms. The largest absolute Gasteiger partial charge is 0.478 e. The van der Waals surface area contributed by atoms with Crippen LogP contribution >= 0.6 is 11.8 Å². The lowest BCUT2D eigenvalue weighted by Gasteiger charge is -2.06. The van der Waals surface area contributed by atoms with Gasteiger partial charge < -0.3 is 5.11 Å². The second-order valence-corrected chi connectivity index (χ2v) is 5.73. The first-order chi connectivity index (χ1) is 9.88. The van der Waals surface area contributed by atoms with Gasteiger partial charge in [0, 0.05) is 11.0 Å². The van der Waals surface area contributed by atoms with E-state index in [9.17, 15) is 14.9 Å². The Kier molecular flexibility index (Phi) is 4.28. The van der Waals surface area contributed by atoms with Gasteiger partial charge in [0.2, 0.25) is 0 Å². The number of carboxylic acids is 1. The average Bonchev–Trinajstić information content (AvgIpc) is 2.42. The molecular weight excluding hydrogens is 290 g/mol. The fraction of sp³-hybridized carbons (Fsp3) is 0.133. The Balaban J connectivity index is 2.41. The third-order valence-corrected chi connectivity index (χ3v) is 4.03. The van der Waals surface area contributed by atoms with Gasteiger partial charge >= 0.3 is 5.97 Å². The van der Waals surface area contributed by atoms with Crippen molar-refractivity contribution >= 4 is 23.4 Å². The highest BCUT2D eigenvalue weighted by molar-refractivity contribution is 7.99. The van der Waals surface area contributed by atoms with Crippen molar-refractivity contribution in [1.82, 2.24) is 0 Å². The number of hydrogen-bond acceptors (Lipinski definition) is 4. The molecule has 0 saturated heterocycles. The second kappa shape index (κ2) is 5.97. The zero-order valence-corrected chi connectivity index (χ0v) is 12.3. The monoisotopic (exact) mass is 303 g/mol. The van der Waals surface area contributed by atoms with Gasteiger partial charge in [0.05, 0.1) is 15.4 Å². The van der Waals surface area contributed by atoms with Crippen LogP contribution in [0.4, 0.5) is 5.69 Å². The first-order valence-corrected chi connectivity index (χ1v) is 6.97. The number of aromatic carboxylic acids is 1. The fourth-order valence-electron chi connectivity index (χ4n) is 1.88. The third kappa shape index (κ3) is 3.41. The quantitative estimate of drug-likeness (QED) is 0.680. The molecule has 0 radical (unpaired) electrons. The molecule has 0 unspecified atom stereocenters. The number of rotatable bonds is 4. The lowest BCUT2D eigenvalue weighted by molar-refractivity contribution is -0.387. The Morgan fingerprint density at radius 1 is 1.19 bits per heavy atom. The van der Waals surface area contributed by atoms with Crippen LogP contribution in [0.3, 0.4) is 0 Å². The lowest BCUT2D eigenvalue weighted by atomic mass is 10.1. The fourth-order valence-corrected chi connectivity index (χ4v) is 2.82. The average molecular weight is 303 g/mol. The summed E-state index contributed by atoms with van der Waals surface area (Å²) in [5.41, 5.74) is 1.69. The van der Waals surface area contributed by atoms with Crippen LogP contribution in [0.25, 0.3) is 0 Å². The zero-order valence-electron chi connectivity index (χ0n) is 11.5. The van der Waals surface area contributed by atoms with E-state index in [1.807, 2.05) is 0 Å². The van der Waals surface area contributed by atoms with E-state index < -0.39 is 10.9 Å². The van der Waals surface area contributed by atoms with Gasteiger partial charge in [0.15, 0.2) is 0 Å². The summed E-state index contributed by atoms with van der Waals surface area (Å²) in [6.45, 7) is 3.50. The van der Waals surface area contributed by atoms with E-state index in [2.05, 4.69) is 0 Å². The summed E-state index contributed by atoms with van der Waals surface area (Å²) in [4.78, 5) is 22.9. The molecule has 2 aromatic carbocycles. The SMILES string of the molecule is Cc1ccc(Sc2ccc(C)c(C(=O)O)c2)c([N+](=O)[O-])c1. The summed E-state index contributed by atoms with van der Waals surface area (Å²) in [5.74, 6) is -1.01. The molecule has 0 amide bonds. The summed E-state index contributed by atoms with van der Waals surface area (Å²) in [6.07, 6.45) is 0. The van der Waals surface area contributed by atoms with Crippen molar-refractivity contribution < 1.29 is 14.8 Å². The summed E-state index contributed by atoms with van der Waals surface area (Å²) < 4.78 is 0. The molecule has 0 aliphatic rings. The molecular formula is C15H13NO4S. The highest BCUT2D eigenvalue weighted by atomic mass is 32.2. The maximum Gasteiger partial charge on any atom is 0.335 e. The van der Waals surface area contributed by atoms with E-state index in [4.69, 9.17) is 5.11 Å². The van der Waals surface area contributed by atoms with Gasteiger partial charge in [-0.3, -0.25) is 10.1 Å². The van der Waals surface area contributed by atoms with Crippen molar-refractivity contribution in [1.29, 1.82) is 0 Å². The minimum atomic E-state index is -1.01. The van der Waals surface area contributed by atoms with Gasteiger partial charge in [-0.15, -0.1) is 0 Å². The van der Waals surface area contributed by atoms with Gasteiger partial charge in [-0.1, -0.05) is 23.9 Å². The Labute approximate surface area is 125 Å². The molecule has 0 aromatic heterocycles. The number of hydrogen-bond donors (Lipinski definition) is 1. The van der Waals surface area contributed by atoms with Crippen LogP contribution in [0, 0.1) is 24.0 Å². The highest BCUT2D eigenvalue weighted by Crippen LogP contribution is 2.36. The summed E-state index contributed by atoms with van der Waals surface area (Å²) in [6, 6.07) is 9.97. The summed E-state index contributed by atoms with van der Waals surface area (Å²) >= 11 is 1.19. The molecule has 0 atom stereocenters. The third-order valence-electron chi connectivity index (χ3n) is 2.98. The van der Waals surface area contributed by atoms with Crippen molar-refractivity contribution in [2.75, 3.05) is 0 Å². The maximum atomic E-state index is 11.1. The molecule has 6 heteroatoms. The number of aryl methyl sites for hydroxylation is 2. The van der Waals surface area contributed by atoms with Crippen LogP contribution < -0.4 is 0 Å². The molecule has 2 rings (SSSR count). The molecule has 0 bridgehead atoms. The van der Waals surface area contributed by atoms with E-state index in [0.29, 0.717) is 15.4 Å². The highest BCUT2D eigenvalue weighted by Gasteiger charge is 2.16. The van der Waals surface area contributed by atoms with Crippen LogP contribution in [-0.2, 0) is 0 Å². The standard InChI is InChI=1S/C15H13NO4S/c1-9-3-6-14(13(7-9)16(19)20)21-11-5-4-10(2)12(8-11)15(17)18/h3-8H,1-2H3,(H,17,18). The van der Waals surface area contributed by atoms with Crippen LogP contribution in [-0.4, -0.2) is 16.0 Å². The Morgan fingerprint density at radius 2 is 1.90 bits per heavy atom. The zero-order chi connectivity index (χ0) is 15.6. The van der Waals surface area contributed by atoms with Crippen molar-refractivity contribution in [2.24, 2.45) is 0 Å². The lowest BCUT2D eigenvalue weighted by Crippen LogP contribution is -1.99. The van der Waals surface area contributed by atoms with Crippen LogP contribution in [0.2, 0.25) is 0 Å². The van der Waals surface area contributed by atoms with Crippen molar-refractivity contribution in [3.63, 3.8) is 0 Å². The number of benzene rings is 2. The molecule has 0 aliphatic heterocycles. The van der Waals surface area contributed by atoms with E-state index >= 15 is 0 Å². The number of carboxylic acid groups (broad SMARTS) is 1. The van der Waals surface area contributed by atoms with E-state index in [0.717, 1.165) is 5.56 Å².